The van der Waals surface area contributed by atoms with Crippen molar-refractivity contribution in [1.82, 2.24) is 29.4 Å². The van der Waals surface area contributed by atoms with E-state index in [-0.39, 0.29) is 24.9 Å². The summed E-state index contributed by atoms with van der Waals surface area (Å²) in [7, 11) is 0. The normalized spacial score (nSPS) is 14.6. The van der Waals surface area contributed by atoms with Gasteiger partial charge in [-0.3, -0.25) is 14.5 Å². The number of carbonyl (C=O) groups is 2. The number of hydrogen-bond acceptors (Lipinski definition) is 7. The molecular weight excluding hydrogens is 420 g/mol. The van der Waals surface area contributed by atoms with Gasteiger partial charge in [0, 0.05) is 50.5 Å². The van der Waals surface area contributed by atoms with Gasteiger partial charge in [-0.15, -0.1) is 0 Å². The van der Waals surface area contributed by atoms with Gasteiger partial charge in [0.25, 0.3) is 11.7 Å². The molecule has 1 saturated heterocycles. The lowest BCUT2D eigenvalue weighted by molar-refractivity contribution is -0.152. The van der Waals surface area contributed by atoms with Crippen LogP contribution in [0.2, 0.25) is 0 Å². The van der Waals surface area contributed by atoms with Crippen LogP contribution in [0.15, 0.2) is 30.6 Å². The zero-order valence-corrected chi connectivity index (χ0v) is 19.5. The van der Waals surface area contributed by atoms with E-state index in [9.17, 15) is 9.59 Å². The first-order chi connectivity index (χ1) is 15.9. The quantitative estimate of drug-likeness (QED) is 0.507. The highest BCUT2D eigenvalue weighted by Crippen LogP contribution is 2.15. The first kappa shape index (κ1) is 22.8. The number of fused-ring (bicyclic) bond motifs is 1. The van der Waals surface area contributed by atoms with Gasteiger partial charge < -0.3 is 9.64 Å². The van der Waals surface area contributed by atoms with Crippen LogP contribution < -0.4 is 0 Å². The van der Waals surface area contributed by atoms with Crippen molar-refractivity contribution in [3.8, 4) is 0 Å². The molecule has 1 fully saturated rings. The van der Waals surface area contributed by atoms with Gasteiger partial charge in [-0.25, -0.2) is 9.50 Å². The largest absolute Gasteiger partial charge is 0.456 e. The first-order valence-corrected chi connectivity index (χ1v) is 11.3. The Kier molecular flexibility index (Phi) is 6.98. The Balaban J connectivity index is 1.20. The number of benzene rings is 1. The lowest BCUT2D eigenvalue weighted by Crippen LogP contribution is -2.49. The third-order valence-electron chi connectivity index (χ3n) is 6.14. The molecule has 0 radical (unpaired) electrons. The average Bonchev–Trinajstić information content (AvgIpc) is 3.26. The van der Waals surface area contributed by atoms with Crippen LogP contribution >= 0.6 is 0 Å². The lowest BCUT2D eigenvalue weighted by atomic mass is 10.1. The van der Waals surface area contributed by atoms with Crippen LogP contribution in [0, 0.1) is 20.8 Å². The molecule has 0 bridgehead atoms. The van der Waals surface area contributed by atoms with Gasteiger partial charge >= 0.3 is 5.97 Å². The predicted molar refractivity (Wildman–Crippen MR) is 123 cm³/mol. The maximum Gasteiger partial charge on any atom is 0.306 e. The molecule has 1 aromatic carbocycles. The SMILES string of the molecule is Cc1cccc(CN2CCN(C(=O)COC(=O)CCc3c(C)nc4ncnn4c3C)CC2)c1. The van der Waals surface area contributed by atoms with E-state index in [1.165, 1.54) is 17.5 Å². The van der Waals surface area contributed by atoms with Crippen LogP contribution in [0.25, 0.3) is 5.78 Å². The van der Waals surface area contributed by atoms with Crippen molar-refractivity contribution in [2.45, 2.75) is 40.2 Å². The maximum atomic E-state index is 12.5. The first-order valence-electron chi connectivity index (χ1n) is 11.3. The number of esters is 1. The zero-order valence-electron chi connectivity index (χ0n) is 19.5. The second-order valence-corrected chi connectivity index (χ2v) is 8.54. The molecule has 0 N–H and O–H groups in total. The Morgan fingerprint density at radius 1 is 1.09 bits per heavy atom. The molecule has 0 aliphatic carbocycles. The number of ether oxygens (including phenoxy) is 1. The number of aromatic nitrogens is 4. The topological polar surface area (TPSA) is 92.9 Å². The van der Waals surface area contributed by atoms with Crippen LogP contribution in [-0.4, -0.2) is 74.0 Å². The molecule has 33 heavy (non-hydrogen) atoms. The number of piperazine rings is 1. The second kappa shape index (κ2) is 10.1. The fraction of sp³-hybridized carbons (Fsp3) is 0.458. The minimum absolute atomic E-state index is 0.142. The summed E-state index contributed by atoms with van der Waals surface area (Å²) in [4.78, 5) is 37.4. The molecule has 3 aromatic rings. The second-order valence-electron chi connectivity index (χ2n) is 8.54. The number of amides is 1. The molecule has 0 spiro atoms. The number of aryl methyl sites for hydroxylation is 3. The van der Waals surface area contributed by atoms with Gasteiger partial charge in [0.15, 0.2) is 6.61 Å². The highest BCUT2D eigenvalue weighted by Gasteiger charge is 2.22. The van der Waals surface area contributed by atoms with E-state index in [4.69, 9.17) is 4.74 Å². The lowest BCUT2D eigenvalue weighted by Gasteiger charge is -2.34. The molecule has 9 heteroatoms. The number of hydrogen-bond donors (Lipinski definition) is 0. The molecule has 4 rings (SSSR count). The fourth-order valence-electron chi connectivity index (χ4n) is 4.27. The third-order valence-corrected chi connectivity index (χ3v) is 6.14. The predicted octanol–water partition coefficient (Wildman–Crippen LogP) is 1.87. The van der Waals surface area contributed by atoms with Crippen molar-refractivity contribution in [1.29, 1.82) is 0 Å². The van der Waals surface area contributed by atoms with Gasteiger partial charge in [0.1, 0.15) is 6.33 Å². The molecular formula is C24H30N6O3. The van der Waals surface area contributed by atoms with E-state index < -0.39 is 0 Å². The van der Waals surface area contributed by atoms with Crippen molar-refractivity contribution >= 4 is 17.7 Å². The zero-order chi connectivity index (χ0) is 23.4. The van der Waals surface area contributed by atoms with Crippen LogP contribution in [0.3, 0.4) is 0 Å². The standard InChI is InChI=1S/C24H30N6O3/c1-17-5-4-6-20(13-17)14-28-9-11-29(12-10-28)22(31)15-33-23(32)8-7-21-18(2)27-24-25-16-26-30(24)19(21)3/h4-6,13,16H,7-12,14-15H2,1-3H3. The molecule has 174 valence electrons. The van der Waals surface area contributed by atoms with Crippen molar-refractivity contribution in [2.24, 2.45) is 0 Å². The Morgan fingerprint density at radius 3 is 2.64 bits per heavy atom. The van der Waals surface area contributed by atoms with Crippen LogP contribution in [0.4, 0.5) is 0 Å². The molecule has 1 amide bonds. The van der Waals surface area contributed by atoms with Crippen molar-refractivity contribution < 1.29 is 14.3 Å². The fourth-order valence-corrected chi connectivity index (χ4v) is 4.27. The van der Waals surface area contributed by atoms with Crippen molar-refractivity contribution in [3.05, 3.63) is 58.7 Å². The van der Waals surface area contributed by atoms with Crippen LogP contribution in [-0.2, 0) is 27.3 Å². The van der Waals surface area contributed by atoms with Crippen molar-refractivity contribution in [3.63, 3.8) is 0 Å². The number of carbonyl (C=O) groups excluding carboxylic acids is 2. The van der Waals surface area contributed by atoms with E-state index in [0.717, 1.165) is 36.6 Å². The van der Waals surface area contributed by atoms with Gasteiger partial charge in [-0.1, -0.05) is 29.8 Å². The van der Waals surface area contributed by atoms with Gasteiger partial charge in [-0.05, 0) is 38.3 Å². The summed E-state index contributed by atoms with van der Waals surface area (Å²) in [5, 5.41) is 4.16. The summed E-state index contributed by atoms with van der Waals surface area (Å²) < 4.78 is 6.93. The van der Waals surface area contributed by atoms with Gasteiger partial charge in [0.05, 0.1) is 0 Å². The van der Waals surface area contributed by atoms with Gasteiger partial charge in [0.2, 0.25) is 0 Å². The maximum absolute atomic E-state index is 12.5. The third kappa shape index (κ3) is 5.54. The van der Waals surface area contributed by atoms with E-state index in [1.807, 2.05) is 13.8 Å². The van der Waals surface area contributed by atoms with Crippen molar-refractivity contribution in [2.75, 3.05) is 32.8 Å². The Labute approximate surface area is 193 Å². The molecule has 0 atom stereocenters. The van der Waals surface area contributed by atoms with E-state index >= 15 is 0 Å². The van der Waals surface area contributed by atoms with Crippen LogP contribution in [0.5, 0.6) is 0 Å². The molecule has 9 nitrogen and oxygen atoms in total. The monoisotopic (exact) mass is 450 g/mol. The summed E-state index contributed by atoms with van der Waals surface area (Å²) in [6, 6.07) is 8.49. The Hall–Kier alpha value is -3.33. The Morgan fingerprint density at radius 2 is 1.88 bits per heavy atom. The number of rotatable bonds is 7. The summed E-state index contributed by atoms with van der Waals surface area (Å²) in [5.74, 6) is 0.0106. The molecule has 3 heterocycles. The summed E-state index contributed by atoms with van der Waals surface area (Å²) >= 11 is 0. The van der Waals surface area contributed by atoms with E-state index in [0.29, 0.717) is 25.3 Å². The highest BCUT2D eigenvalue weighted by atomic mass is 16.5. The average molecular weight is 451 g/mol. The summed E-state index contributed by atoms with van der Waals surface area (Å²) in [6.45, 7) is 9.49. The molecule has 1 aliphatic rings. The van der Waals surface area contributed by atoms with E-state index in [2.05, 4.69) is 51.2 Å². The van der Waals surface area contributed by atoms with Gasteiger partial charge in [-0.2, -0.15) is 10.1 Å². The summed E-state index contributed by atoms with van der Waals surface area (Å²) in [5.41, 5.74) is 5.21. The smallest absolute Gasteiger partial charge is 0.306 e. The molecule has 0 unspecified atom stereocenters. The highest BCUT2D eigenvalue weighted by molar-refractivity contribution is 5.80. The molecule has 2 aromatic heterocycles. The Bertz CT molecular complexity index is 1150. The molecule has 0 saturated carbocycles. The van der Waals surface area contributed by atoms with E-state index in [1.54, 1.807) is 9.42 Å². The minimum Gasteiger partial charge on any atom is -0.456 e. The summed E-state index contributed by atoms with van der Waals surface area (Å²) in [6.07, 6.45) is 2.12. The number of nitrogens with zero attached hydrogens (tertiary/aromatic N) is 6. The molecule has 1 aliphatic heterocycles. The minimum atomic E-state index is -0.390. The van der Waals surface area contributed by atoms with Crippen LogP contribution in [0.1, 0.15) is 34.5 Å².